The molecular weight excluding hydrogens is 387 g/mol. The Morgan fingerprint density at radius 1 is 0.419 bits per heavy atom. The molecule has 4 aromatic rings. The standard InChI is InChI=1S/C26H22BO4/c1-3-11-21(12-4-1)19-28-23-15-7-9-17-25(23)30-27-31-26-18-10-8-16-24(26)29-20-22-13-5-2-6-14-22/h1-18H,19-20H2. The van der Waals surface area contributed by atoms with Gasteiger partial charge in [-0.25, -0.2) is 0 Å². The predicted octanol–water partition coefficient (Wildman–Crippen LogP) is 5.84. The third-order valence-corrected chi connectivity index (χ3v) is 4.52. The molecule has 0 aliphatic heterocycles. The third-order valence-electron chi connectivity index (χ3n) is 4.52. The van der Waals surface area contributed by atoms with Crippen molar-refractivity contribution < 1.29 is 18.8 Å². The largest absolute Gasteiger partial charge is 0.658 e. The lowest BCUT2D eigenvalue weighted by atomic mass is 10.2. The minimum Gasteiger partial charge on any atom is -0.524 e. The number of hydrogen-bond donors (Lipinski definition) is 0. The highest BCUT2D eigenvalue weighted by Crippen LogP contribution is 2.29. The van der Waals surface area contributed by atoms with Gasteiger partial charge in [0.1, 0.15) is 24.7 Å². The van der Waals surface area contributed by atoms with Gasteiger partial charge in [-0.1, -0.05) is 84.9 Å². The van der Waals surface area contributed by atoms with Gasteiger partial charge in [0.15, 0.2) is 11.5 Å². The average Bonchev–Trinajstić information content (AvgIpc) is 2.84. The Bertz CT molecular complexity index is 984. The van der Waals surface area contributed by atoms with E-state index >= 15 is 0 Å². The van der Waals surface area contributed by atoms with Gasteiger partial charge in [0, 0.05) is 0 Å². The van der Waals surface area contributed by atoms with E-state index in [1.807, 2.05) is 109 Å². The van der Waals surface area contributed by atoms with Crippen LogP contribution in [0.3, 0.4) is 0 Å². The Morgan fingerprint density at radius 3 is 1.19 bits per heavy atom. The first-order valence-electron chi connectivity index (χ1n) is 10.0. The van der Waals surface area contributed by atoms with Crippen molar-refractivity contribution in [3.63, 3.8) is 0 Å². The molecule has 0 heterocycles. The Labute approximate surface area is 183 Å². The Morgan fingerprint density at radius 2 is 0.774 bits per heavy atom. The van der Waals surface area contributed by atoms with Crippen molar-refractivity contribution in [1.82, 2.24) is 0 Å². The van der Waals surface area contributed by atoms with Crippen molar-refractivity contribution in [3.05, 3.63) is 120 Å². The van der Waals surface area contributed by atoms with Crippen LogP contribution >= 0.6 is 0 Å². The van der Waals surface area contributed by atoms with Crippen molar-refractivity contribution in [1.29, 1.82) is 0 Å². The molecule has 0 aliphatic carbocycles. The molecule has 0 unspecified atom stereocenters. The van der Waals surface area contributed by atoms with Crippen LogP contribution in [0.4, 0.5) is 0 Å². The first-order chi connectivity index (χ1) is 15.4. The van der Waals surface area contributed by atoms with E-state index in [-0.39, 0.29) is 0 Å². The number of hydrogen-bond acceptors (Lipinski definition) is 4. The van der Waals surface area contributed by atoms with Gasteiger partial charge < -0.3 is 18.8 Å². The van der Waals surface area contributed by atoms with Crippen molar-refractivity contribution in [3.8, 4) is 23.0 Å². The molecule has 0 saturated carbocycles. The molecule has 0 atom stereocenters. The van der Waals surface area contributed by atoms with E-state index in [2.05, 4.69) is 0 Å². The number of para-hydroxylation sites is 4. The van der Waals surface area contributed by atoms with Crippen molar-refractivity contribution in [2.45, 2.75) is 13.2 Å². The fourth-order valence-corrected chi connectivity index (χ4v) is 2.93. The second kappa shape index (κ2) is 10.8. The summed E-state index contributed by atoms with van der Waals surface area (Å²) in [6.45, 7) is 0.913. The van der Waals surface area contributed by atoms with Crippen LogP contribution in [-0.2, 0) is 13.2 Å². The molecule has 153 valence electrons. The van der Waals surface area contributed by atoms with Crippen LogP contribution in [-0.4, -0.2) is 7.69 Å². The van der Waals surface area contributed by atoms with Crippen LogP contribution in [0, 0.1) is 0 Å². The summed E-state index contributed by atoms with van der Waals surface area (Å²) in [6, 6.07) is 34.9. The van der Waals surface area contributed by atoms with Crippen LogP contribution in [0.5, 0.6) is 23.0 Å². The minimum absolute atomic E-state index is 0.457. The highest BCUT2D eigenvalue weighted by atomic mass is 16.6. The molecule has 4 rings (SSSR count). The zero-order valence-electron chi connectivity index (χ0n) is 17.0. The van der Waals surface area contributed by atoms with Gasteiger partial charge in [-0.3, -0.25) is 0 Å². The second-order valence-corrected chi connectivity index (χ2v) is 6.77. The zero-order chi connectivity index (χ0) is 21.1. The van der Waals surface area contributed by atoms with E-state index in [1.165, 1.54) is 7.69 Å². The fraction of sp³-hybridized carbons (Fsp3) is 0.0769. The van der Waals surface area contributed by atoms with E-state index in [1.54, 1.807) is 0 Å². The molecule has 0 fully saturated rings. The minimum atomic E-state index is 0.457. The smallest absolute Gasteiger partial charge is 0.524 e. The summed E-state index contributed by atoms with van der Waals surface area (Å²) >= 11 is 0. The SMILES string of the molecule is [B](Oc1ccccc1OCc1ccccc1)Oc1ccccc1OCc1ccccc1. The third kappa shape index (κ3) is 6.06. The van der Waals surface area contributed by atoms with Crippen LogP contribution in [0.2, 0.25) is 0 Å². The quantitative estimate of drug-likeness (QED) is 0.309. The number of ether oxygens (including phenoxy) is 2. The average molecular weight is 409 g/mol. The van der Waals surface area contributed by atoms with E-state index in [0.29, 0.717) is 36.2 Å². The number of benzene rings is 4. The second-order valence-electron chi connectivity index (χ2n) is 6.77. The molecule has 0 aromatic heterocycles. The predicted molar refractivity (Wildman–Crippen MR) is 121 cm³/mol. The van der Waals surface area contributed by atoms with Gasteiger partial charge in [0.05, 0.1) is 0 Å². The van der Waals surface area contributed by atoms with Gasteiger partial charge in [0.25, 0.3) is 0 Å². The fourth-order valence-electron chi connectivity index (χ4n) is 2.93. The van der Waals surface area contributed by atoms with Crippen LogP contribution in [0.15, 0.2) is 109 Å². The molecule has 1 radical (unpaired) electrons. The maximum Gasteiger partial charge on any atom is 0.658 e. The van der Waals surface area contributed by atoms with Gasteiger partial charge in [-0.15, -0.1) is 0 Å². The zero-order valence-corrected chi connectivity index (χ0v) is 17.0. The molecule has 0 aliphatic rings. The van der Waals surface area contributed by atoms with Crippen molar-refractivity contribution in [2.75, 3.05) is 0 Å². The molecule has 0 N–H and O–H groups in total. The summed E-state index contributed by atoms with van der Waals surface area (Å²) in [4.78, 5) is 0. The molecule has 0 saturated heterocycles. The summed E-state index contributed by atoms with van der Waals surface area (Å²) < 4.78 is 23.3. The molecule has 0 amide bonds. The lowest BCUT2D eigenvalue weighted by Gasteiger charge is -2.14. The molecule has 4 aromatic carbocycles. The number of rotatable bonds is 10. The summed E-state index contributed by atoms with van der Waals surface area (Å²) in [6.07, 6.45) is 0. The summed E-state index contributed by atoms with van der Waals surface area (Å²) in [5.41, 5.74) is 2.17. The van der Waals surface area contributed by atoms with Crippen LogP contribution < -0.4 is 18.8 Å². The van der Waals surface area contributed by atoms with Crippen molar-refractivity contribution >= 4 is 7.69 Å². The lowest BCUT2D eigenvalue weighted by molar-refractivity contribution is 0.288. The summed E-state index contributed by atoms with van der Waals surface area (Å²) in [7, 11) is 1.29. The van der Waals surface area contributed by atoms with E-state index in [9.17, 15) is 0 Å². The highest BCUT2D eigenvalue weighted by Gasteiger charge is 2.11. The first-order valence-corrected chi connectivity index (χ1v) is 10.0. The Hall–Kier alpha value is -3.86. The van der Waals surface area contributed by atoms with E-state index in [0.717, 1.165) is 11.1 Å². The van der Waals surface area contributed by atoms with Gasteiger partial charge in [0.2, 0.25) is 0 Å². The van der Waals surface area contributed by atoms with Gasteiger partial charge in [-0.05, 0) is 35.4 Å². The Balaban J connectivity index is 1.33. The van der Waals surface area contributed by atoms with Crippen LogP contribution in [0.1, 0.15) is 11.1 Å². The van der Waals surface area contributed by atoms with Gasteiger partial charge in [-0.2, -0.15) is 0 Å². The molecular formula is C26H22BO4. The molecule has 4 nitrogen and oxygen atoms in total. The summed E-state index contributed by atoms with van der Waals surface area (Å²) in [5, 5.41) is 0. The molecule has 0 bridgehead atoms. The normalized spacial score (nSPS) is 10.2. The van der Waals surface area contributed by atoms with Crippen molar-refractivity contribution in [2.24, 2.45) is 0 Å². The van der Waals surface area contributed by atoms with Gasteiger partial charge >= 0.3 is 7.69 Å². The first kappa shape index (κ1) is 20.4. The van der Waals surface area contributed by atoms with E-state index < -0.39 is 0 Å². The van der Waals surface area contributed by atoms with E-state index in [4.69, 9.17) is 18.8 Å². The maximum absolute atomic E-state index is 5.91. The topological polar surface area (TPSA) is 36.9 Å². The molecule has 31 heavy (non-hydrogen) atoms. The lowest BCUT2D eigenvalue weighted by Crippen LogP contribution is -2.12. The van der Waals surface area contributed by atoms with Crippen LogP contribution in [0.25, 0.3) is 0 Å². The maximum atomic E-state index is 5.91. The highest BCUT2D eigenvalue weighted by molar-refractivity contribution is 6.21. The summed E-state index contributed by atoms with van der Waals surface area (Å²) in [5.74, 6) is 2.42. The molecule has 5 heteroatoms. The molecule has 0 spiro atoms. The monoisotopic (exact) mass is 409 g/mol. The Kier molecular flexibility index (Phi) is 7.11.